The van der Waals surface area contributed by atoms with Crippen molar-refractivity contribution in [1.82, 2.24) is 29.5 Å². The van der Waals surface area contributed by atoms with Crippen LogP contribution in [0.2, 0.25) is 0 Å². The van der Waals surface area contributed by atoms with Crippen molar-refractivity contribution in [1.29, 1.82) is 0 Å². The predicted octanol–water partition coefficient (Wildman–Crippen LogP) is 2.94. The first-order valence-corrected chi connectivity index (χ1v) is 11.9. The van der Waals surface area contributed by atoms with E-state index < -0.39 is 11.6 Å². The number of piperazine rings is 1. The number of benzene rings is 1. The number of anilines is 1. The standard InChI is InChI=1S/C25H29F2N7O/c1-16(20-5-4-19(26)12-21(20)27)32-8-10-33(11-9-32)25-24(18-13-28-31(3)14-18)29-23-15-34(17(2)35)7-6-22(23)30-25/h4-5,12-14,16H,6-11,15H2,1-3H3. The van der Waals surface area contributed by atoms with Crippen LogP contribution in [-0.4, -0.2) is 68.2 Å². The van der Waals surface area contributed by atoms with Gasteiger partial charge in [0, 0.05) is 82.5 Å². The summed E-state index contributed by atoms with van der Waals surface area (Å²) in [5.74, 6) is -0.233. The average Bonchev–Trinajstić information content (AvgIpc) is 3.28. The van der Waals surface area contributed by atoms with Gasteiger partial charge in [-0.15, -0.1) is 0 Å². The van der Waals surface area contributed by atoms with E-state index in [9.17, 15) is 13.6 Å². The molecule has 8 nitrogen and oxygen atoms in total. The molecular weight excluding hydrogens is 452 g/mol. The molecule has 3 aromatic rings. The number of aryl methyl sites for hydroxylation is 1. The molecule has 1 aromatic carbocycles. The van der Waals surface area contributed by atoms with Gasteiger partial charge in [-0.25, -0.2) is 18.7 Å². The third-order valence-corrected chi connectivity index (χ3v) is 6.99. The highest BCUT2D eigenvalue weighted by Crippen LogP contribution is 2.32. The molecule has 35 heavy (non-hydrogen) atoms. The molecular formula is C25H29F2N7O. The van der Waals surface area contributed by atoms with Crippen molar-refractivity contribution in [3.05, 3.63) is 59.2 Å². The molecule has 0 radical (unpaired) electrons. The molecule has 10 heteroatoms. The summed E-state index contributed by atoms with van der Waals surface area (Å²) in [7, 11) is 1.86. The Morgan fingerprint density at radius 2 is 1.83 bits per heavy atom. The minimum Gasteiger partial charge on any atom is -0.352 e. The highest BCUT2D eigenvalue weighted by Gasteiger charge is 2.29. The SMILES string of the molecule is CC(=O)N1CCc2nc(N3CCN(C(C)c4ccc(F)cc4F)CC3)c(-c3cnn(C)c3)nc2C1. The zero-order chi connectivity index (χ0) is 24.7. The Morgan fingerprint density at radius 1 is 1.06 bits per heavy atom. The van der Waals surface area contributed by atoms with Gasteiger partial charge in [-0.3, -0.25) is 14.4 Å². The Labute approximate surface area is 203 Å². The van der Waals surface area contributed by atoms with E-state index in [-0.39, 0.29) is 11.9 Å². The number of carbonyl (C=O) groups excluding carboxylic acids is 1. The van der Waals surface area contributed by atoms with Gasteiger partial charge in [-0.2, -0.15) is 5.10 Å². The largest absolute Gasteiger partial charge is 0.352 e. The summed E-state index contributed by atoms with van der Waals surface area (Å²) in [6.45, 7) is 7.44. The van der Waals surface area contributed by atoms with E-state index in [2.05, 4.69) is 14.9 Å². The predicted molar refractivity (Wildman–Crippen MR) is 128 cm³/mol. The van der Waals surface area contributed by atoms with Crippen molar-refractivity contribution in [3.63, 3.8) is 0 Å². The lowest BCUT2D eigenvalue weighted by molar-refractivity contribution is -0.129. The monoisotopic (exact) mass is 481 g/mol. The molecule has 2 aliphatic heterocycles. The molecule has 184 valence electrons. The molecule has 1 saturated heterocycles. The molecule has 0 spiro atoms. The zero-order valence-corrected chi connectivity index (χ0v) is 20.2. The number of aromatic nitrogens is 4. The first-order chi connectivity index (χ1) is 16.8. The maximum absolute atomic E-state index is 14.4. The summed E-state index contributed by atoms with van der Waals surface area (Å²) >= 11 is 0. The van der Waals surface area contributed by atoms with Crippen LogP contribution in [0.5, 0.6) is 0 Å². The second-order valence-electron chi connectivity index (χ2n) is 9.25. The van der Waals surface area contributed by atoms with E-state index in [4.69, 9.17) is 9.97 Å². The summed E-state index contributed by atoms with van der Waals surface area (Å²) in [6, 6.07) is 3.61. The van der Waals surface area contributed by atoms with Gasteiger partial charge in [-0.05, 0) is 13.0 Å². The lowest BCUT2D eigenvalue weighted by Gasteiger charge is -2.39. The van der Waals surface area contributed by atoms with Gasteiger partial charge >= 0.3 is 0 Å². The average molecular weight is 482 g/mol. The lowest BCUT2D eigenvalue weighted by atomic mass is 10.0. The first-order valence-electron chi connectivity index (χ1n) is 11.9. The van der Waals surface area contributed by atoms with E-state index in [1.807, 2.05) is 20.2 Å². The number of carbonyl (C=O) groups is 1. The molecule has 0 bridgehead atoms. The summed E-state index contributed by atoms with van der Waals surface area (Å²) < 4.78 is 29.4. The van der Waals surface area contributed by atoms with Crippen molar-refractivity contribution in [2.24, 2.45) is 7.05 Å². The second kappa shape index (κ2) is 9.33. The second-order valence-corrected chi connectivity index (χ2v) is 9.25. The fraction of sp³-hybridized carbons (Fsp3) is 0.440. The van der Waals surface area contributed by atoms with Gasteiger partial charge in [0.25, 0.3) is 0 Å². The van der Waals surface area contributed by atoms with Crippen LogP contribution in [0.3, 0.4) is 0 Å². The number of hydrogen-bond donors (Lipinski definition) is 0. The molecule has 0 N–H and O–H groups in total. The number of nitrogens with zero attached hydrogens (tertiary/aromatic N) is 7. The fourth-order valence-corrected chi connectivity index (χ4v) is 4.91. The van der Waals surface area contributed by atoms with E-state index in [1.165, 1.54) is 12.1 Å². The fourth-order valence-electron chi connectivity index (χ4n) is 4.91. The van der Waals surface area contributed by atoms with E-state index in [0.29, 0.717) is 51.3 Å². The van der Waals surface area contributed by atoms with Crippen LogP contribution in [0, 0.1) is 11.6 Å². The van der Waals surface area contributed by atoms with Crippen molar-refractivity contribution >= 4 is 11.7 Å². The number of rotatable bonds is 4. The van der Waals surface area contributed by atoms with Gasteiger partial charge in [0.2, 0.25) is 5.91 Å². The number of amides is 1. The molecule has 2 aliphatic rings. The molecule has 0 saturated carbocycles. The smallest absolute Gasteiger partial charge is 0.219 e. The first kappa shape index (κ1) is 23.3. The topological polar surface area (TPSA) is 70.4 Å². The molecule has 4 heterocycles. The van der Waals surface area contributed by atoms with Crippen LogP contribution in [0.15, 0.2) is 30.6 Å². The number of fused-ring (bicyclic) bond motifs is 1. The molecule has 1 amide bonds. The van der Waals surface area contributed by atoms with Crippen LogP contribution in [0.25, 0.3) is 11.3 Å². The van der Waals surface area contributed by atoms with E-state index in [1.54, 1.807) is 22.7 Å². The van der Waals surface area contributed by atoms with Crippen molar-refractivity contribution in [2.75, 3.05) is 37.6 Å². The zero-order valence-electron chi connectivity index (χ0n) is 20.2. The van der Waals surface area contributed by atoms with Crippen molar-refractivity contribution < 1.29 is 13.6 Å². The summed E-state index contributed by atoms with van der Waals surface area (Å²) in [5, 5.41) is 4.31. The Hall–Kier alpha value is -3.40. The van der Waals surface area contributed by atoms with Crippen molar-refractivity contribution in [3.8, 4) is 11.3 Å². The number of hydrogen-bond acceptors (Lipinski definition) is 6. The maximum atomic E-state index is 14.4. The van der Waals surface area contributed by atoms with Gasteiger partial charge in [0.15, 0.2) is 5.82 Å². The summed E-state index contributed by atoms with van der Waals surface area (Å²) in [4.78, 5) is 28.1. The molecule has 0 aliphatic carbocycles. The molecule has 2 aromatic heterocycles. The van der Waals surface area contributed by atoms with Crippen LogP contribution >= 0.6 is 0 Å². The molecule has 1 fully saturated rings. The third-order valence-electron chi connectivity index (χ3n) is 6.99. The molecule has 1 atom stereocenters. The van der Waals surface area contributed by atoms with Gasteiger partial charge < -0.3 is 9.80 Å². The normalized spacial score (nSPS) is 17.4. The van der Waals surface area contributed by atoms with E-state index >= 15 is 0 Å². The van der Waals surface area contributed by atoms with Gasteiger partial charge in [0.05, 0.1) is 24.1 Å². The number of halogens is 2. The Bertz CT molecular complexity index is 1250. The van der Waals surface area contributed by atoms with Crippen LogP contribution < -0.4 is 4.90 Å². The minimum absolute atomic E-state index is 0.0345. The minimum atomic E-state index is -0.566. The third kappa shape index (κ3) is 4.62. The lowest BCUT2D eigenvalue weighted by Crippen LogP contribution is -2.48. The van der Waals surface area contributed by atoms with Crippen LogP contribution in [0.4, 0.5) is 14.6 Å². The van der Waals surface area contributed by atoms with E-state index in [0.717, 1.165) is 34.5 Å². The van der Waals surface area contributed by atoms with Gasteiger partial charge in [-0.1, -0.05) is 6.07 Å². The molecule has 5 rings (SSSR count). The van der Waals surface area contributed by atoms with Crippen molar-refractivity contribution in [2.45, 2.75) is 32.9 Å². The van der Waals surface area contributed by atoms with Gasteiger partial charge in [0.1, 0.15) is 17.3 Å². The molecule has 1 unspecified atom stereocenters. The summed E-state index contributed by atoms with van der Waals surface area (Å²) in [5.41, 5.74) is 3.89. The Balaban J connectivity index is 1.40. The highest BCUT2D eigenvalue weighted by atomic mass is 19.1. The van der Waals surface area contributed by atoms with Crippen LogP contribution in [-0.2, 0) is 24.8 Å². The highest BCUT2D eigenvalue weighted by molar-refractivity contribution is 5.74. The Morgan fingerprint density at radius 3 is 2.49 bits per heavy atom. The quantitative estimate of drug-likeness (QED) is 0.571. The summed E-state index contributed by atoms with van der Waals surface area (Å²) in [6.07, 6.45) is 4.37. The maximum Gasteiger partial charge on any atom is 0.219 e. The van der Waals surface area contributed by atoms with Crippen LogP contribution in [0.1, 0.15) is 36.8 Å². The Kier molecular flexibility index (Phi) is 6.22.